The molecule has 0 radical (unpaired) electrons. The Balaban J connectivity index is -0.000000309. The summed E-state index contributed by atoms with van der Waals surface area (Å²) in [6, 6.07) is 25.0. The number of benzene rings is 2. The molecule has 0 fully saturated rings. The maximum Gasteiger partial charge on any atom is -0.171 e. The molecule has 0 spiro atoms. The van der Waals surface area contributed by atoms with E-state index in [4.69, 9.17) is 0 Å². The summed E-state index contributed by atoms with van der Waals surface area (Å²) in [5, 5.41) is 0. The predicted molar refractivity (Wildman–Crippen MR) is 135 cm³/mol. The molecule has 0 aromatic heterocycles. The second kappa shape index (κ2) is 24.2. The summed E-state index contributed by atoms with van der Waals surface area (Å²) in [6.07, 6.45) is 12.8. The number of allylic oxidation sites excluding steroid dienone is 8. The first-order valence-corrected chi connectivity index (χ1v) is 13.3. The fourth-order valence-electron chi connectivity index (χ4n) is 1.98. The van der Waals surface area contributed by atoms with Gasteiger partial charge in [0, 0.05) is 0 Å². The second-order valence-corrected chi connectivity index (χ2v) is 5.94. The third-order valence-corrected chi connectivity index (χ3v) is 3.95. The van der Waals surface area contributed by atoms with Crippen molar-refractivity contribution in [2.75, 3.05) is 0 Å². The maximum absolute atomic E-state index is 3.19. The van der Waals surface area contributed by atoms with Gasteiger partial charge in [0.2, 0.25) is 0 Å². The van der Waals surface area contributed by atoms with Crippen molar-refractivity contribution in [2.24, 2.45) is 0 Å². The average Bonchev–Trinajstić information content (AvgIpc) is 3.34. The zero-order valence-electron chi connectivity index (χ0n) is 18.4. The van der Waals surface area contributed by atoms with Crippen molar-refractivity contribution in [3.63, 3.8) is 0 Å². The second-order valence-electron chi connectivity index (χ2n) is 5.94. The van der Waals surface area contributed by atoms with Crippen LogP contribution in [0, 0.1) is 24.3 Å². The largest absolute Gasteiger partial charge is 0.184 e. The third-order valence-electron chi connectivity index (χ3n) is 3.95. The normalized spacial score (nSPS) is 12.2. The van der Waals surface area contributed by atoms with E-state index < -0.39 is 0 Å². The van der Waals surface area contributed by atoms with E-state index in [1.165, 1.54) is 22.3 Å². The van der Waals surface area contributed by atoms with E-state index >= 15 is 0 Å². The van der Waals surface area contributed by atoms with Gasteiger partial charge in [-0.15, -0.1) is 51.5 Å². The van der Waals surface area contributed by atoms with Gasteiger partial charge < -0.3 is 0 Å². The van der Waals surface area contributed by atoms with Gasteiger partial charge in [0.05, 0.1) is 0 Å². The fourth-order valence-corrected chi connectivity index (χ4v) is 1.98. The molecule has 0 amide bonds. The van der Waals surface area contributed by atoms with Crippen LogP contribution >= 0.6 is 24.8 Å². The van der Waals surface area contributed by atoms with Gasteiger partial charge in [-0.2, -0.15) is 84.9 Å². The molecule has 0 heterocycles. The van der Waals surface area contributed by atoms with Crippen molar-refractivity contribution in [1.82, 2.24) is 0 Å². The summed E-state index contributed by atoms with van der Waals surface area (Å²) >= 11 is 2.03. The third kappa shape index (κ3) is 18.9. The molecule has 0 N–H and O–H groups in total. The summed E-state index contributed by atoms with van der Waals surface area (Å²) in [5.41, 5.74) is 5.42. The monoisotopic (exact) mass is 490 g/mol. The zero-order chi connectivity index (χ0) is 21.0. The Morgan fingerprint density at radius 1 is 0.600 bits per heavy atom. The van der Waals surface area contributed by atoms with E-state index in [2.05, 4.69) is 64.1 Å². The molecule has 4 heteroatoms. The van der Waals surface area contributed by atoms with E-state index in [9.17, 15) is 0 Å². The topological polar surface area (TPSA) is 0 Å². The van der Waals surface area contributed by atoms with Crippen LogP contribution in [0.25, 0.3) is 0 Å². The Bertz CT molecular complexity index is 600. The molecule has 2 aromatic carbocycles. The molecule has 0 aliphatic heterocycles. The zero-order valence-corrected chi connectivity index (χ0v) is 23.0. The summed E-state index contributed by atoms with van der Waals surface area (Å²) in [7, 11) is 1.86. The molecule has 0 saturated heterocycles. The molecule has 2 aliphatic carbocycles. The van der Waals surface area contributed by atoms with Gasteiger partial charge in [-0.05, 0) is 0 Å². The van der Waals surface area contributed by atoms with Gasteiger partial charge in [-0.3, -0.25) is 12.2 Å². The predicted octanol–water partition coefficient (Wildman–Crippen LogP) is 7.07. The minimum absolute atomic E-state index is 0. The minimum atomic E-state index is 0. The molecule has 2 aliphatic rings. The van der Waals surface area contributed by atoms with Gasteiger partial charge >= 0.3 is 26.8 Å². The van der Waals surface area contributed by atoms with Crippen LogP contribution in [0.1, 0.15) is 40.5 Å². The van der Waals surface area contributed by atoms with Crippen molar-refractivity contribution in [1.29, 1.82) is 0 Å². The molecule has 30 heavy (non-hydrogen) atoms. The molecule has 0 bridgehead atoms. The number of halogens is 2. The number of hydrogen-bond acceptors (Lipinski definition) is 0. The Hall–Kier alpha value is -1.09. The van der Waals surface area contributed by atoms with Gasteiger partial charge in [0.1, 0.15) is 0 Å². The number of hydrogen-bond donors (Lipinski definition) is 0. The maximum atomic E-state index is 3.19. The molecule has 162 valence electrons. The number of rotatable bonds is 0. The first kappa shape index (κ1) is 33.5. The van der Waals surface area contributed by atoms with Crippen LogP contribution in [0.15, 0.2) is 95.1 Å². The first-order chi connectivity index (χ1) is 13.6. The molecule has 0 saturated carbocycles. The van der Waals surface area contributed by atoms with Crippen molar-refractivity contribution >= 4 is 32.4 Å². The van der Waals surface area contributed by atoms with E-state index in [-0.39, 0.29) is 24.8 Å². The van der Waals surface area contributed by atoms with Crippen LogP contribution in [0.4, 0.5) is 0 Å². The van der Waals surface area contributed by atoms with Crippen LogP contribution in [-0.2, 0) is 19.2 Å². The van der Waals surface area contributed by atoms with Crippen molar-refractivity contribution < 1.29 is 19.2 Å². The van der Waals surface area contributed by atoms with Crippen LogP contribution in [0.3, 0.4) is 0 Å². The van der Waals surface area contributed by atoms with Crippen LogP contribution in [0.2, 0.25) is 0 Å². The summed E-state index contributed by atoms with van der Waals surface area (Å²) in [6.45, 7) is 8.43. The molecule has 4 rings (SSSR count). The Morgan fingerprint density at radius 2 is 0.900 bits per heavy atom. The molecule has 0 nitrogen and oxygen atoms in total. The SMILES string of the molecule is CC1=[C-]CC=C1C.CC1=[C-]CC=C1C.Cl.Cl.[SiH2]=[Ti].[c-]1ccccc1.[c-]1ccccc1. The van der Waals surface area contributed by atoms with E-state index in [0.29, 0.717) is 0 Å². The Labute approximate surface area is 210 Å². The molecule has 0 atom stereocenters. The molecular formula is C26H32Cl2SiTi-4. The fraction of sp³-hybridized carbons (Fsp3) is 0.231. The van der Waals surface area contributed by atoms with Gasteiger partial charge in [-0.1, -0.05) is 13.8 Å². The summed E-state index contributed by atoms with van der Waals surface area (Å²) in [4.78, 5) is 0. The van der Waals surface area contributed by atoms with Crippen LogP contribution in [0.5, 0.6) is 0 Å². The van der Waals surface area contributed by atoms with Crippen molar-refractivity contribution in [3.05, 3.63) is 119 Å². The van der Waals surface area contributed by atoms with E-state index in [1.807, 2.05) is 87.5 Å². The molecule has 0 unspecified atom stereocenters. The average molecular weight is 491 g/mol. The first-order valence-electron chi connectivity index (χ1n) is 9.28. The van der Waals surface area contributed by atoms with E-state index in [0.717, 1.165) is 12.8 Å². The molecular weight excluding hydrogens is 459 g/mol. The minimum Gasteiger partial charge on any atom is -0.184 e. The van der Waals surface area contributed by atoms with E-state index in [1.54, 1.807) is 0 Å². The summed E-state index contributed by atoms with van der Waals surface area (Å²) in [5.74, 6) is 0. The standard InChI is InChI=1S/2C7H9.2C6H5.2ClH.H2Si.Ti/c2*1-6-4-3-5-7(6)2;2*1-2-4-6-5-3-1;;;;/h2*4H,3H2,1-2H3;2*1-5H;2*1H;1H2;/q4*-1;;;;. The van der Waals surface area contributed by atoms with Crippen molar-refractivity contribution in [2.45, 2.75) is 40.5 Å². The molecule has 2 aromatic rings. The smallest absolute Gasteiger partial charge is 0.171 e. The van der Waals surface area contributed by atoms with Gasteiger partial charge in [-0.25, -0.2) is 22.3 Å². The van der Waals surface area contributed by atoms with Crippen LogP contribution in [-0.4, -0.2) is 7.63 Å². The van der Waals surface area contributed by atoms with Crippen molar-refractivity contribution in [3.8, 4) is 0 Å². The van der Waals surface area contributed by atoms with Gasteiger partial charge in [0.25, 0.3) is 0 Å². The summed E-state index contributed by atoms with van der Waals surface area (Å²) < 4.78 is 0. The van der Waals surface area contributed by atoms with Crippen LogP contribution < -0.4 is 0 Å². The Morgan fingerprint density at radius 3 is 0.967 bits per heavy atom. The quantitative estimate of drug-likeness (QED) is 0.273. The van der Waals surface area contributed by atoms with Gasteiger partial charge in [0.15, 0.2) is 0 Å². The Kier molecular flexibility index (Phi) is 27.0.